The first-order valence-electron chi connectivity index (χ1n) is 11.0. The van der Waals surface area contributed by atoms with Crippen LogP contribution >= 0.6 is 0 Å². The summed E-state index contributed by atoms with van der Waals surface area (Å²) in [6.45, 7) is 3.91. The van der Waals surface area contributed by atoms with Gasteiger partial charge in [0.05, 0.1) is 25.7 Å². The van der Waals surface area contributed by atoms with E-state index in [9.17, 15) is 9.59 Å². The van der Waals surface area contributed by atoms with Crippen molar-refractivity contribution in [3.8, 4) is 17.2 Å². The first kappa shape index (κ1) is 22.7. The van der Waals surface area contributed by atoms with E-state index >= 15 is 0 Å². The normalized spacial score (nSPS) is 21.9. The molecule has 3 unspecified atom stereocenters. The van der Waals surface area contributed by atoms with E-state index in [0.29, 0.717) is 42.1 Å². The lowest BCUT2D eigenvalue weighted by atomic mass is 9.80. The van der Waals surface area contributed by atoms with Crippen LogP contribution in [-0.4, -0.2) is 38.2 Å². The fraction of sp³-hybridized carbons (Fsp3) is 0.385. The molecule has 2 aromatic rings. The molecule has 1 heterocycles. The summed E-state index contributed by atoms with van der Waals surface area (Å²) < 4.78 is 27.9. The number of Topliss-reactive ketones (excluding diaryl/α,β-unsaturated/α-hetero) is 1. The van der Waals surface area contributed by atoms with Gasteiger partial charge >= 0.3 is 5.97 Å². The Morgan fingerprint density at radius 2 is 1.76 bits per heavy atom. The third-order valence-corrected chi connectivity index (χ3v) is 6.13. The van der Waals surface area contributed by atoms with Gasteiger partial charge in [-0.1, -0.05) is 12.1 Å². The molecule has 1 aliphatic carbocycles. The Balaban J connectivity index is 1.40. The van der Waals surface area contributed by atoms with E-state index < -0.39 is 5.97 Å². The van der Waals surface area contributed by atoms with Crippen LogP contribution < -0.4 is 14.2 Å². The van der Waals surface area contributed by atoms with Crippen LogP contribution in [0.1, 0.15) is 40.7 Å². The van der Waals surface area contributed by atoms with Crippen LogP contribution in [0.5, 0.6) is 17.2 Å². The topological polar surface area (TPSA) is 80.3 Å². The highest BCUT2D eigenvalue weighted by Gasteiger charge is 2.42. The van der Waals surface area contributed by atoms with Crippen LogP contribution in [0.2, 0.25) is 0 Å². The standard InChI is InChI=1S/C26H28O7/c1-15-5-6-16(2)21(11-15)33-24-14-31-22-13-18(8-9-19(22)25(24)27)32-26(28)17-7-10-20(29-3)23(12-17)30-4/h5-7,10-12,14,18-19,22H,8-9,13H2,1-4H3. The van der Waals surface area contributed by atoms with Gasteiger partial charge in [0.2, 0.25) is 11.5 Å². The molecule has 7 heteroatoms. The number of ether oxygens (including phenoxy) is 5. The van der Waals surface area contributed by atoms with Crippen molar-refractivity contribution in [2.24, 2.45) is 5.92 Å². The number of benzene rings is 2. The molecule has 2 aromatic carbocycles. The number of ketones is 1. The van der Waals surface area contributed by atoms with Gasteiger partial charge in [-0.25, -0.2) is 4.79 Å². The summed E-state index contributed by atoms with van der Waals surface area (Å²) in [5.41, 5.74) is 2.37. The zero-order valence-electron chi connectivity index (χ0n) is 19.3. The van der Waals surface area contributed by atoms with Gasteiger partial charge in [-0.05, 0) is 62.1 Å². The highest BCUT2D eigenvalue weighted by atomic mass is 16.6. The quantitative estimate of drug-likeness (QED) is 0.596. The molecular weight excluding hydrogens is 424 g/mol. The molecule has 0 aromatic heterocycles. The van der Waals surface area contributed by atoms with Crippen LogP contribution in [0.15, 0.2) is 48.4 Å². The number of carbonyl (C=O) groups excluding carboxylic acids is 2. The second kappa shape index (κ2) is 9.57. The Hall–Kier alpha value is -3.48. The van der Waals surface area contributed by atoms with E-state index in [4.69, 9.17) is 23.7 Å². The van der Waals surface area contributed by atoms with E-state index in [1.165, 1.54) is 20.5 Å². The maximum absolute atomic E-state index is 13.0. The summed E-state index contributed by atoms with van der Waals surface area (Å²) in [7, 11) is 3.05. The van der Waals surface area contributed by atoms with E-state index in [1.54, 1.807) is 18.2 Å². The lowest BCUT2D eigenvalue weighted by Crippen LogP contribution is -2.43. The molecule has 1 fully saturated rings. The van der Waals surface area contributed by atoms with E-state index in [1.807, 2.05) is 32.0 Å². The van der Waals surface area contributed by atoms with Crippen molar-refractivity contribution >= 4 is 11.8 Å². The Bertz CT molecular complexity index is 1090. The average Bonchev–Trinajstić information content (AvgIpc) is 2.82. The third-order valence-electron chi connectivity index (χ3n) is 6.13. The third kappa shape index (κ3) is 4.82. The first-order chi connectivity index (χ1) is 15.9. The Morgan fingerprint density at radius 3 is 2.52 bits per heavy atom. The number of rotatable bonds is 6. The number of methoxy groups -OCH3 is 2. The molecule has 7 nitrogen and oxygen atoms in total. The SMILES string of the molecule is COc1ccc(C(=O)OC2CCC3C(=O)C(Oc4cc(C)ccc4C)=COC3C2)cc1OC. The van der Waals surface area contributed by atoms with Crippen molar-refractivity contribution in [2.45, 2.75) is 45.3 Å². The van der Waals surface area contributed by atoms with Crippen molar-refractivity contribution in [1.29, 1.82) is 0 Å². The molecule has 0 N–H and O–H groups in total. The van der Waals surface area contributed by atoms with Gasteiger partial charge in [-0.15, -0.1) is 0 Å². The number of allylic oxidation sites excluding steroid dienone is 1. The van der Waals surface area contributed by atoms with Crippen molar-refractivity contribution in [3.05, 3.63) is 65.1 Å². The minimum absolute atomic E-state index is 0.0724. The van der Waals surface area contributed by atoms with Crippen molar-refractivity contribution in [2.75, 3.05) is 14.2 Å². The molecule has 4 rings (SSSR count). The van der Waals surface area contributed by atoms with Crippen molar-refractivity contribution in [1.82, 2.24) is 0 Å². The van der Waals surface area contributed by atoms with Crippen LogP contribution in [-0.2, 0) is 14.3 Å². The Labute approximate surface area is 193 Å². The molecule has 33 heavy (non-hydrogen) atoms. The van der Waals surface area contributed by atoms with Gasteiger partial charge in [-0.3, -0.25) is 4.79 Å². The zero-order valence-corrected chi connectivity index (χ0v) is 19.3. The van der Waals surface area contributed by atoms with Crippen LogP contribution in [0.25, 0.3) is 0 Å². The minimum Gasteiger partial charge on any atom is -0.493 e. The molecule has 174 valence electrons. The molecule has 1 aliphatic heterocycles. The summed E-state index contributed by atoms with van der Waals surface area (Å²) in [5, 5.41) is 0. The summed E-state index contributed by atoms with van der Waals surface area (Å²) in [5.74, 6) is 1.02. The molecule has 0 saturated heterocycles. The lowest BCUT2D eigenvalue weighted by molar-refractivity contribution is -0.132. The number of fused-ring (bicyclic) bond motifs is 1. The fourth-order valence-corrected chi connectivity index (χ4v) is 4.23. The van der Waals surface area contributed by atoms with Crippen LogP contribution in [0, 0.1) is 19.8 Å². The highest BCUT2D eigenvalue weighted by molar-refractivity contribution is 5.96. The number of hydrogen-bond acceptors (Lipinski definition) is 7. The summed E-state index contributed by atoms with van der Waals surface area (Å²) in [6, 6.07) is 10.7. The maximum Gasteiger partial charge on any atom is 0.338 e. The van der Waals surface area contributed by atoms with Crippen LogP contribution in [0.4, 0.5) is 0 Å². The molecule has 0 radical (unpaired) electrons. The van der Waals surface area contributed by atoms with Gasteiger partial charge in [0.1, 0.15) is 24.2 Å². The smallest absolute Gasteiger partial charge is 0.338 e. The van der Waals surface area contributed by atoms with Crippen molar-refractivity contribution < 1.29 is 33.3 Å². The fourth-order valence-electron chi connectivity index (χ4n) is 4.23. The number of esters is 1. The molecular formula is C26H28O7. The number of carbonyl (C=O) groups is 2. The highest BCUT2D eigenvalue weighted by Crippen LogP contribution is 2.36. The largest absolute Gasteiger partial charge is 0.493 e. The second-order valence-electron chi connectivity index (χ2n) is 8.41. The summed E-state index contributed by atoms with van der Waals surface area (Å²) >= 11 is 0. The van der Waals surface area contributed by atoms with Crippen LogP contribution in [0.3, 0.4) is 0 Å². The number of hydrogen-bond donors (Lipinski definition) is 0. The average molecular weight is 453 g/mol. The molecule has 0 amide bonds. The van der Waals surface area contributed by atoms with Gasteiger partial charge in [0.25, 0.3) is 0 Å². The van der Waals surface area contributed by atoms with E-state index in [0.717, 1.165) is 11.1 Å². The van der Waals surface area contributed by atoms with Gasteiger partial charge in [-0.2, -0.15) is 0 Å². The van der Waals surface area contributed by atoms with E-state index in [-0.39, 0.29) is 29.7 Å². The van der Waals surface area contributed by atoms with Gasteiger partial charge in [0.15, 0.2) is 11.5 Å². The number of aryl methyl sites for hydroxylation is 2. The molecule has 2 aliphatic rings. The van der Waals surface area contributed by atoms with Crippen molar-refractivity contribution in [3.63, 3.8) is 0 Å². The van der Waals surface area contributed by atoms with E-state index in [2.05, 4.69) is 0 Å². The predicted octanol–water partition coefficient (Wildman–Crippen LogP) is 4.53. The van der Waals surface area contributed by atoms with Gasteiger partial charge < -0.3 is 23.7 Å². The first-order valence-corrected chi connectivity index (χ1v) is 11.0. The maximum atomic E-state index is 13.0. The monoisotopic (exact) mass is 452 g/mol. The Morgan fingerprint density at radius 1 is 0.970 bits per heavy atom. The lowest BCUT2D eigenvalue weighted by Gasteiger charge is -2.36. The van der Waals surface area contributed by atoms with Gasteiger partial charge in [0, 0.05) is 6.42 Å². The second-order valence-corrected chi connectivity index (χ2v) is 8.41. The predicted molar refractivity (Wildman–Crippen MR) is 121 cm³/mol. The molecule has 1 saturated carbocycles. The summed E-state index contributed by atoms with van der Waals surface area (Å²) in [6.07, 6.45) is 2.29. The minimum atomic E-state index is -0.448. The molecule has 0 spiro atoms. The molecule has 3 atom stereocenters. The summed E-state index contributed by atoms with van der Waals surface area (Å²) in [4.78, 5) is 25.7. The molecule has 0 bridgehead atoms. The zero-order chi connectivity index (χ0) is 23.5. The Kier molecular flexibility index (Phi) is 6.58.